The second-order valence-corrected chi connectivity index (χ2v) is 6.99. The van der Waals surface area contributed by atoms with E-state index in [-0.39, 0.29) is 6.42 Å². The summed E-state index contributed by atoms with van der Waals surface area (Å²) in [6.07, 6.45) is 1.55. The van der Waals surface area contributed by atoms with E-state index in [1.165, 1.54) is 21.3 Å². The predicted molar refractivity (Wildman–Crippen MR) is 115 cm³/mol. The van der Waals surface area contributed by atoms with Crippen molar-refractivity contribution in [3.8, 4) is 17.2 Å². The summed E-state index contributed by atoms with van der Waals surface area (Å²) in [5.41, 5.74) is 4.06. The van der Waals surface area contributed by atoms with Crippen molar-refractivity contribution in [1.29, 1.82) is 0 Å². The molecule has 0 saturated heterocycles. The molecule has 3 rings (SSSR count). The molecule has 3 aromatic rings. The molecule has 0 spiro atoms. The Morgan fingerprint density at radius 1 is 0.935 bits per heavy atom. The van der Waals surface area contributed by atoms with Gasteiger partial charge in [0.15, 0.2) is 18.1 Å². The zero-order valence-electron chi connectivity index (χ0n) is 18.2. The molecule has 1 aromatic heterocycles. The standard InChI is InChI=1S/C23H25NO7/c1-13-6-17-15(11-30-18(17)7-14(13)2)8-22(26)31-12-21(25)24-16-9-19(27-3)23(29-5)20(10-16)28-4/h6-7,9-11H,8,12H2,1-5H3,(H,24,25). The van der Waals surface area contributed by atoms with E-state index < -0.39 is 18.5 Å². The summed E-state index contributed by atoms with van der Waals surface area (Å²) in [7, 11) is 4.45. The monoisotopic (exact) mass is 427 g/mol. The largest absolute Gasteiger partial charge is 0.493 e. The van der Waals surface area contributed by atoms with Crippen LogP contribution in [0.4, 0.5) is 5.69 Å². The molecule has 0 radical (unpaired) electrons. The molecule has 8 heteroatoms. The Morgan fingerprint density at radius 3 is 2.19 bits per heavy atom. The number of carbonyl (C=O) groups is 2. The van der Waals surface area contributed by atoms with Crippen LogP contribution in [0.1, 0.15) is 16.7 Å². The number of amides is 1. The van der Waals surface area contributed by atoms with Gasteiger partial charge < -0.3 is 28.7 Å². The van der Waals surface area contributed by atoms with Gasteiger partial charge in [0.1, 0.15) is 5.58 Å². The smallest absolute Gasteiger partial charge is 0.310 e. The van der Waals surface area contributed by atoms with Gasteiger partial charge in [-0.05, 0) is 37.1 Å². The number of rotatable bonds is 8. The van der Waals surface area contributed by atoms with E-state index >= 15 is 0 Å². The fourth-order valence-corrected chi connectivity index (χ4v) is 3.18. The van der Waals surface area contributed by atoms with Gasteiger partial charge in [-0.2, -0.15) is 0 Å². The number of hydrogen-bond acceptors (Lipinski definition) is 7. The Morgan fingerprint density at radius 2 is 1.58 bits per heavy atom. The average Bonchev–Trinajstić information content (AvgIpc) is 3.12. The quantitative estimate of drug-likeness (QED) is 0.546. The van der Waals surface area contributed by atoms with Crippen LogP contribution in [0.15, 0.2) is 34.9 Å². The molecule has 8 nitrogen and oxygen atoms in total. The van der Waals surface area contributed by atoms with Crippen LogP contribution in [0, 0.1) is 13.8 Å². The minimum absolute atomic E-state index is 0.00691. The van der Waals surface area contributed by atoms with Crippen LogP contribution in [0.25, 0.3) is 11.0 Å². The van der Waals surface area contributed by atoms with Crippen LogP contribution in [-0.2, 0) is 20.7 Å². The van der Waals surface area contributed by atoms with Gasteiger partial charge in [0, 0.05) is 28.8 Å². The molecule has 31 heavy (non-hydrogen) atoms. The van der Waals surface area contributed by atoms with E-state index in [4.69, 9.17) is 23.4 Å². The van der Waals surface area contributed by atoms with Crippen molar-refractivity contribution in [2.45, 2.75) is 20.3 Å². The van der Waals surface area contributed by atoms with Gasteiger partial charge in [-0.3, -0.25) is 9.59 Å². The Labute approximate surface area is 180 Å². The van der Waals surface area contributed by atoms with Gasteiger partial charge in [-0.15, -0.1) is 0 Å². The summed E-state index contributed by atoms with van der Waals surface area (Å²) in [6.45, 7) is 3.57. The van der Waals surface area contributed by atoms with Crippen molar-refractivity contribution in [3.63, 3.8) is 0 Å². The SMILES string of the molecule is COc1cc(NC(=O)COC(=O)Cc2coc3cc(C)c(C)cc23)cc(OC)c1OC. The fourth-order valence-electron chi connectivity index (χ4n) is 3.18. The maximum absolute atomic E-state index is 12.2. The van der Waals surface area contributed by atoms with Crippen LogP contribution >= 0.6 is 0 Å². The number of benzene rings is 2. The lowest BCUT2D eigenvalue weighted by molar-refractivity contribution is -0.146. The Balaban J connectivity index is 1.61. The molecule has 1 heterocycles. The lowest BCUT2D eigenvalue weighted by Crippen LogP contribution is -2.21. The third-order valence-electron chi connectivity index (χ3n) is 4.92. The summed E-state index contributed by atoms with van der Waals surface area (Å²) in [4.78, 5) is 24.5. The number of ether oxygens (including phenoxy) is 4. The Kier molecular flexibility index (Phi) is 6.69. The van der Waals surface area contributed by atoms with Crippen molar-refractivity contribution in [2.75, 3.05) is 33.3 Å². The molecular weight excluding hydrogens is 402 g/mol. The van der Waals surface area contributed by atoms with Gasteiger partial charge in [0.2, 0.25) is 5.75 Å². The third-order valence-corrected chi connectivity index (χ3v) is 4.92. The molecule has 0 atom stereocenters. The summed E-state index contributed by atoms with van der Waals surface area (Å²) < 4.78 is 26.4. The number of esters is 1. The Hall–Kier alpha value is -3.68. The number of fused-ring (bicyclic) bond motifs is 1. The highest BCUT2D eigenvalue weighted by Crippen LogP contribution is 2.39. The van der Waals surface area contributed by atoms with E-state index in [0.29, 0.717) is 34.1 Å². The molecule has 0 bridgehead atoms. The van der Waals surface area contributed by atoms with Crippen LogP contribution in [0.3, 0.4) is 0 Å². The first kappa shape index (κ1) is 22.0. The molecule has 0 aliphatic carbocycles. The van der Waals surface area contributed by atoms with E-state index in [0.717, 1.165) is 16.5 Å². The maximum atomic E-state index is 12.2. The molecule has 1 N–H and O–H groups in total. The highest BCUT2D eigenvalue weighted by Gasteiger charge is 2.16. The molecule has 1 amide bonds. The molecule has 2 aromatic carbocycles. The minimum Gasteiger partial charge on any atom is -0.493 e. The zero-order valence-corrected chi connectivity index (χ0v) is 18.2. The average molecular weight is 427 g/mol. The van der Waals surface area contributed by atoms with Crippen LogP contribution in [0.5, 0.6) is 17.2 Å². The van der Waals surface area contributed by atoms with Crippen LogP contribution in [-0.4, -0.2) is 39.8 Å². The van der Waals surface area contributed by atoms with E-state index in [9.17, 15) is 9.59 Å². The first-order valence-corrected chi connectivity index (χ1v) is 9.59. The lowest BCUT2D eigenvalue weighted by atomic mass is 10.0. The second-order valence-electron chi connectivity index (χ2n) is 6.99. The van der Waals surface area contributed by atoms with Crippen molar-refractivity contribution >= 4 is 28.5 Å². The van der Waals surface area contributed by atoms with Crippen molar-refractivity contribution < 1.29 is 33.0 Å². The number of methoxy groups -OCH3 is 3. The van der Waals surface area contributed by atoms with Crippen molar-refractivity contribution in [1.82, 2.24) is 0 Å². The Bertz CT molecular complexity index is 1090. The first-order chi connectivity index (χ1) is 14.9. The van der Waals surface area contributed by atoms with Gasteiger partial charge >= 0.3 is 5.97 Å². The normalized spacial score (nSPS) is 10.6. The van der Waals surface area contributed by atoms with Gasteiger partial charge in [0.05, 0.1) is 34.0 Å². The molecule has 164 valence electrons. The molecule has 0 aliphatic rings. The number of carbonyl (C=O) groups excluding carboxylic acids is 2. The number of aryl methyl sites for hydroxylation is 2. The lowest BCUT2D eigenvalue weighted by Gasteiger charge is -2.14. The van der Waals surface area contributed by atoms with Crippen molar-refractivity contribution in [2.24, 2.45) is 0 Å². The summed E-state index contributed by atoms with van der Waals surface area (Å²) in [5.74, 6) is 0.178. The predicted octanol–water partition coefficient (Wildman–Crippen LogP) is 3.80. The topological polar surface area (TPSA) is 96.2 Å². The number of nitrogens with one attached hydrogen (secondary N) is 1. The highest BCUT2D eigenvalue weighted by molar-refractivity contribution is 5.94. The van der Waals surface area contributed by atoms with E-state index in [2.05, 4.69) is 5.32 Å². The fraction of sp³-hybridized carbons (Fsp3) is 0.304. The zero-order chi connectivity index (χ0) is 22.5. The van der Waals surface area contributed by atoms with Crippen molar-refractivity contribution in [3.05, 3.63) is 47.2 Å². The summed E-state index contributed by atoms with van der Waals surface area (Å²) in [5, 5.41) is 3.51. The molecule has 0 aliphatic heterocycles. The number of anilines is 1. The molecule has 0 unspecified atom stereocenters. The minimum atomic E-state index is -0.527. The van der Waals surface area contributed by atoms with Crippen LogP contribution in [0.2, 0.25) is 0 Å². The van der Waals surface area contributed by atoms with Crippen LogP contribution < -0.4 is 19.5 Å². The number of hydrogen-bond donors (Lipinski definition) is 1. The molecule has 0 saturated carbocycles. The number of furan rings is 1. The first-order valence-electron chi connectivity index (χ1n) is 9.59. The third kappa shape index (κ3) is 4.91. The molecule has 0 fully saturated rings. The van der Waals surface area contributed by atoms with Gasteiger partial charge in [0.25, 0.3) is 5.91 Å². The van der Waals surface area contributed by atoms with E-state index in [1.54, 1.807) is 18.4 Å². The maximum Gasteiger partial charge on any atom is 0.310 e. The van der Waals surface area contributed by atoms with Gasteiger partial charge in [-0.1, -0.05) is 0 Å². The highest BCUT2D eigenvalue weighted by atomic mass is 16.5. The summed E-state index contributed by atoms with van der Waals surface area (Å²) >= 11 is 0. The molecular formula is C23H25NO7. The summed E-state index contributed by atoms with van der Waals surface area (Å²) in [6, 6.07) is 7.09. The van der Waals surface area contributed by atoms with Gasteiger partial charge in [-0.25, -0.2) is 0 Å². The second kappa shape index (κ2) is 9.42. The van der Waals surface area contributed by atoms with E-state index in [1.807, 2.05) is 26.0 Å².